The molecule has 0 bridgehead atoms. The second-order valence-corrected chi connectivity index (χ2v) is 25.0. The van der Waals surface area contributed by atoms with Gasteiger partial charge in [0.1, 0.15) is 11.2 Å². The van der Waals surface area contributed by atoms with Crippen molar-refractivity contribution in [2.75, 3.05) is 0 Å². The van der Waals surface area contributed by atoms with Crippen molar-refractivity contribution in [2.24, 2.45) is 0 Å². The predicted molar refractivity (Wildman–Crippen MR) is 391 cm³/mol. The van der Waals surface area contributed by atoms with Gasteiger partial charge in [-0.25, -0.2) is 29.9 Å². The highest BCUT2D eigenvalue weighted by Gasteiger charge is 2.36. The smallest absolute Gasteiger partial charge is 0.167 e. The summed E-state index contributed by atoms with van der Waals surface area (Å²) in [4.78, 5) is 30.2. The van der Waals surface area contributed by atoms with E-state index in [0.29, 0.717) is 34.9 Å². The van der Waals surface area contributed by atoms with Gasteiger partial charge in [0.2, 0.25) is 0 Å². The minimum atomic E-state index is -0.0995. The molecule has 18 aromatic rings. The van der Waals surface area contributed by atoms with Gasteiger partial charge >= 0.3 is 0 Å². The number of hydrogen-bond donors (Lipinski definition) is 0. The molecule has 0 fully saturated rings. The molecule has 0 radical (unpaired) electrons. The molecule has 0 saturated carbocycles. The van der Waals surface area contributed by atoms with E-state index in [4.69, 9.17) is 34.3 Å². The molecule has 0 saturated heterocycles. The third kappa shape index (κ3) is 9.54. The molecule has 0 amide bonds. The Kier molecular flexibility index (Phi) is 13.3. The number of aromatic nitrogens is 8. The maximum absolute atomic E-state index is 6.57. The van der Waals surface area contributed by atoms with Crippen molar-refractivity contribution in [3.8, 4) is 102 Å². The third-order valence-electron chi connectivity index (χ3n) is 18.9. The van der Waals surface area contributed by atoms with Crippen LogP contribution in [0.25, 0.3) is 168 Å². The van der Waals surface area contributed by atoms with Crippen LogP contribution in [0.5, 0.6) is 0 Å². The molecule has 0 aliphatic heterocycles. The van der Waals surface area contributed by atoms with E-state index in [-0.39, 0.29) is 5.41 Å². The molecule has 19 rings (SSSR count). The van der Waals surface area contributed by atoms with Gasteiger partial charge in [-0.2, -0.15) is 0 Å². The Morgan fingerprint density at radius 3 is 1.24 bits per heavy atom. The molecule has 452 valence electrons. The first-order valence-electron chi connectivity index (χ1n) is 32.4. The highest BCUT2D eigenvalue weighted by atomic mass is 16.3. The van der Waals surface area contributed by atoms with Gasteiger partial charge in [0, 0.05) is 76.9 Å². The first kappa shape index (κ1) is 56.1. The molecule has 0 spiro atoms. The standard InChI is InChI=1S/C48H34N4.C39H24N4O/c1-48(2)41-22-11-9-20-37(41)39-29-40-38-21-10-12-23-43(38)52(44(40)30-42(39)48)36-19-13-18-35(28-36)47-50-45(33-16-7-4-8-17-33)49-46(51-47)34-26-24-32(25-27-34)31-14-5-3-6-15-31;1-3-13-25(14-4-1)37-40-38(26-15-5-2-6-16-26)42-39(41-37)32-24-27(23-31-30-19-9-12-22-35(30)44-36(31)32)43-33-20-10-7-17-28(33)29-18-8-11-21-34(29)43/h3-30H,1-2H3;1-24H. The van der Waals surface area contributed by atoms with E-state index in [1.165, 1.54) is 60.4 Å². The van der Waals surface area contributed by atoms with Gasteiger partial charge in [-0.1, -0.05) is 269 Å². The third-order valence-corrected chi connectivity index (χ3v) is 18.9. The zero-order chi connectivity index (χ0) is 63.8. The summed E-state index contributed by atoms with van der Waals surface area (Å²) in [6.07, 6.45) is 0. The summed E-state index contributed by atoms with van der Waals surface area (Å²) in [6.45, 7) is 4.68. The number of furan rings is 1. The van der Waals surface area contributed by atoms with Crippen LogP contribution < -0.4 is 0 Å². The Morgan fingerprint density at radius 2 is 0.667 bits per heavy atom. The van der Waals surface area contributed by atoms with Crippen LogP contribution in [0, 0.1) is 0 Å². The lowest BCUT2D eigenvalue weighted by molar-refractivity contribution is 0.661. The molecule has 0 N–H and O–H groups in total. The van der Waals surface area contributed by atoms with Crippen LogP contribution in [0.1, 0.15) is 25.0 Å². The van der Waals surface area contributed by atoms with Gasteiger partial charge in [0.15, 0.2) is 34.9 Å². The Balaban J connectivity index is 0.000000142. The highest BCUT2D eigenvalue weighted by Crippen LogP contribution is 2.51. The van der Waals surface area contributed by atoms with E-state index in [2.05, 4.69) is 223 Å². The summed E-state index contributed by atoms with van der Waals surface area (Å²) in [6, 6.07) is 110. The van der Waals surface area contributed by atoms with Crippen LogP contribution in [0.3, 0.4) is 0 Å². The maximum Gasteiger partial charge on any atom is 0.167 e. The zero-order valence-electron chi connectivity index (χ0n) is 52.5. The van der Waals surface area contributed by atoms with Crippen LogP contribution in [-0.4, -0.2) is 39.0 Å². The maximum atomic E-state index is 6.57. The summed E-state index contributed by atoms with van der Waals surface area (Å²) in [7, 11) is 0. The van der Waals surface area contributed by atoms with Crippen LogP contribution in [0.4, 0.5) is 0 Å². The molecule has 0 atom stereocenters. The van der Waals surface area contributed by atoms with Crippen LogP contribution in [-0.2, 0) is 5.41 Å². The lowest BCUT2D eigenvalue weighted by atomic mass is 9.82. The first-order chi connectivity index (χ1) is 47.3. The summed E-state index contributed by atoms with van der Waals surface area (Å²) in [5.74, 6) is 3.71. The van der Waals surface area contributed by atoms with Gasteiger partial charge in [0.05, 0.1) is 27.6 Å². The average molecular weight is 1230 g/mol. The number of fused-ring (bicyclic) bond motifs is 12. The Hall–Kier alpha value is -12.7. The molecular weight excluding hydrogens is 1170 g/mol. The van der Waals surface area contributed by atoms with Crippen molar-refractivity contribution < 1.29 is 4.42 Å². The minimum absolute atomic E-state index is 0.0995. The largest absolute Gasteiger partial charge is 0.455 e. The average Bonchev–Trinajstić information content (AvgIpc) is 1.55. The normalized spacial score (nSPS) is 12.4. The molecule has 13 aromatic carbocycles. The second kappa shape index (κ2) is 22.8. The number of rotatable bonds is 9. The lowest BCUT2D eigenvalue weighted by Gasteiger charge is -2.21. The summed E-state index contributed by atoms with van der Waals surface area (Å²) in [5, 5.41) is 6.96. The molecule has 9 nitrogen and oxygen atoms in total. The van der Waals surface area contributed by atoms with Crippen LogP contribution in [0.2, 0.25) is 0 Å². The number of para-hydroxylation sites is 4. The van der Waals surface area contributed by atoms with Gasteiger partial charge < -0.3 is 13.6 Å². The Labute approximate surface area is 553 Å². The van der Waals surface area contributed by atoms with Gasteiger partial charge in [-0.3, -0.25) is 0 Å². The predicted octanol–water partition coefficient (Wildman–Crippen LogP) is 21.8. The molecule has 5 heterocycles. The van der Waals surface area contributed by atoms with Gasteiger partial charge in [0.25, 0.3) is 0 Å². The van der Waals surface area contributed by atoms with E-state index in [1.807, 2.05) is 115 Å². The van der Waals surface area contributed by atoms with Crippen molar-refractivity contribution in [1.82, 2.24) is 39.0 Å². The van der Waals surface area contributed by atoms with Crippen molar-refractivity contribution >= 4 is 65.6 Å². The lowest BCUT2D eigenvalue weighted by Crippen LogP contribution is -2.14. The highest BCUT2D eigenvalue weighted by molar-refractivity contribution is 6.14. The summed E-state index contributed by atoms with van der Waals surface area (Å²) < 4.78 is 11.3. The molecule has 1 aliphatic carbocycles. The SMILES string of the molecule is CC1(C)c2ccccc2-c2cc3c4ccccc4n(-c4cccc(-c5nc(-c6ccccc6)nc(-c6ccc(-c7ccccc7)cc6)n5)c4)c3cc21.c1ccc(-c2nc(-c3ccccc3)nc(-c3cc(-n4c5ccccc5c5ccccc54)cc4c3oc3ccccc34)n2)cc1. The fourth-order valence-corrected chi connectivity index (χ4v) is 14.3. The van der Waals surface area contributed by atoms with Crippen LogP contribution in [0.15, 0.2) is 320 Å². The topological polar surface area (TPSA) is 100 Å². The number of nitrogens with zero attached hydrogens (tertiary/aromatic N) is 8. The summed E-state index contributed by atoms with van der Waals surface area (Å²) >= 11 is 0. The molecule has 9 heteroatoms. The molecular formula is C87H58N8O. The van der Waals surface area contributed by atoms with Crippen molar-refractivity contribution in [2.45, 2.75) is 19.3 Å². The van der Waals surface area contributed by atoms with Crippen molar-refractivity contribution in [3.05, 3.63) is 327 Å². The monoisotopic (exact) mass is 1230 g/mol. The Bertz CT molecular complexity index is 5920. The van der Waals surface area contributed by atoms with E-state index in [9.17, 15) is 0 Å². The van der Waals surface area contributed by atoms with E-state index < -0.39 is 0 Å². The van der Waals surface area contributed by atoms with E-state index in [1.54, 1.807) is 0 Å². The first-order valence-corrected chi connectivity index (χ1v) is 32.4. The molecule has 5 aromatic heterocycles. The molecule has 1 aliphatic rings. The van der Waals surface area contributed by atoms with E-state index >= 15 is 0 Å². The van der Waals surface area contributed by atoms with Gasteiger partial charge in [-0.05, 0) is 94.0 Å². The number of benzene rings is 13. The van der Waals surface area contributed by atoms with Crippen LogP contribution >= 0.6 is 0 Å². The fraction of sp³-hybridized carbons (Fsp3) is 0.0345. The number of hydrogen-bond acceptors (Lipinski definition) is 7. The minimum Gasteiger partial charge on any atom is -0.455 e. The second-order valence-electron chi connectivity index (χ2n) is 25.0. The molecule has 0 unspecified atom stereocenters. The fourth-order valence-electron chi connectivity index (χ4n) is 14.3. The summed E-state index contributed by atoms with van der Waals surface area (Å²) in [5.41, 5.74) is 21.4. The van der Waals surface area contributed by atoms with Crippen molar-refractivity contribution in [1.29, 1.82) is 0 Å². The van der Waals surface area contributed by atoms with E-state index in [0.717, 1.165) is 83.3 Å². The quantitative estimate of drug-likeness (QED) is 0.142. The molecule has 96 heavy (non-hydrogen) atoms. The zero-order valence-corrected chi connectivity index (χ0v) is 52.5. The Morgan fingerprint density at radius 1 is 0.250 bits per heavy atom. The van der Waals surface area contributed by atoms with Crippen molar-refractivity contribution in [3.63, 3.8) is 0 Å². The van der Waals surface area contributed by atoms with Gasteiger partial charge in [-0.15, -0.1) is 0 Å².